The fourth-order valence-corrected chi connectivity index (χ4v) is 8.22. The Kier molecular flexibility index (Phi) is 5.85. The third-order valence-corrected chi connectivity index (χ3v) is 9.71. The molecule has 4 aliphatic rings. The molecule has 0 spiro atoms. The van der Waals surface area contributed by atoms with Crippen molar-refractivity contribution in [2.45, 2.75) is 51.3 Å². The summed E-state index contributed by atoms with van der Waals surface area (Å²) in [7, 11) is -3.30. The standard InChI is InChI=1S/C23H37N4O3S/c1-4-6-19(15-26-9-12-27(13-10-26,14-11-26)16-23(24)28)20-7-5-8-22-21(20)17-31(29,30)25(22)18(2)3/h5,7-8,18-19H,4,6,9-17H2,1-3H3,(H-,24,28)/q+1/p+1. The van der Waals surface area contributed by atoms with Crippen LogP contribution < -0.4 is 10.0 Å². The summed E-state index contributed by atoms with van der Waals surface area (Å²) < 4.78 is 29.4. The number of hydrogen-bond acceptors (Lipinski definition) is 3. The monoisotopic (exact) mass is 450 g/mol. The van der Waals surface area contributed by atoms with Gasteiger partial charge in [-0.1, -0.05) is 25.5 Å². The molecule has 3 fully saturated rings. The molecular formula is C23H38N4O3S+2. The molecule has 172 valence electrons. The van der Waals surface area contributed by atoms with Crippen LogP contribution in [0.4, 0.5) is 5.69 Å². The number of amides is 1. The van der Waals surface area contributed by atoms with Crippen LogP contribution >= 0.6 is 0 Å². The molecule has 2 bridgehead atoms. The van der Waals surface area contributed by atoms with Gasteiger partial charge in [-0.05, 0) is 37.5 Å². The van der Waals surface area contributed by atoms with Gasteiger partial charge in [0.1, 0.15) is 39.3 Å². The summed E-state index contributed by atoms with van der Waals surface area (Å²) in [5.41, 5.74) is 8.65. The summed E-state index contributed by atoms with van der Waals surface area (Å²) in [5.74, 6) is 0.285. The number of piperazine rings is 3. The number of rotatable bonds is 8. The smallest absolute Gasteiger partial charge is 0.272 e. The van der Waals surface area contributed by atoms with Gasteiger partial charge in [0.15, 0.2) is 6.54 Å². The highest BCUT2D eigenvalue weighted by Gasteiger charge is 2.50. The first-order valence-corrected chi connectivity index (χ1v) is 13.3. The summed E-state index contributed by atoms with van der Waals surface area (Å²) in [6.45, 7) is 13.9. The Hall–Kier alpha value is -1.64. The average molecular weight is 451 g/mol. The highest BCUT2D eigenvalue weighted by Crippen LogP contribution is 2.42. The fraction of sp³-hybridized carbons (Fsp3) is 0.696. The fourth-order valence-electron chi connectivity index (χ4n) is 6.29. The second kappa shape index (κ2) is 8.05. The molecule has 1 atom stereocenters. The molecule has 8 heteroatoms. The summed E-state index contributed by atoms with van der Waals surface area (Å²) in [5, 5.41) is 0. The number of primary amides is 1. The second-order valence-electron chi connectivity index (χ2n) is 10.3. The molecule has 3 saturated heterocycles. The van der Waals surface area contributed by atoms with Crippen molar-refractivity contribution in [3.05, 3.63) is 29.3 Å². The van der Waals surface area contributed by atoms with Crippen LogP contribution in [-0.4, -0.2) is 81.7 Å². The highest BCUT2D eigenvalue weighted by atomic mass is 32.2. The van der Waals surface area contributed by atoms with Gasteiger partial charge >= 0.3 is 0 Å². The lowest BCUT2D eigenvalue weighted by atomic mass is 9.88. The van der Waals surface area contributed by atoms with Crippen LogP contribution in [0.2, 0.25) is 0 Å². The van der Waals surface area contributed by atoms with Crippen molar-refractivity contribution in [2.24, 2.45) is 5.73 Å². The summed E-state index contributed by atoms with van der Waals surface area (Å²) in [4.78, 5) is 11.6. The zero-order valence-electron chi connectivity index (χ0n) is 19.2. The summed E-state index contributed by atoms with van der Waals surface area (Å²) in [6, 6.07) is 6.09. The van der Waals surface area contributed by atoms with E-state index >= 15 is 0 Å². The molecule has 1 aromatic carbocycles. The lowest BCUT2D eigenvalue weighted by Crippen LogP contribution is -2.76. The van der Waals surface area contributed by atoms with Gasteiger partial charge in [-0.15, -0.1) is 0 Å². The van der Waals surface area contributed by atoms with E-state index in [0.717, 1.165) is 78.9 Å². The van der Waals surface area contributed by atoms with Crippen molar-refractivity contribution in [1.82, 2.24) is 0 Å². The molecule has 4 aliphatic heterocycles. The molecule has 31 heavy (non-hydrogen) atoms. The lowest BCUT2D eigenvalue weighted by molar-refractivity contribution is -1.08. The largest absolute Gasteiger partial charge is 0.365 e. The maximum absolute atomic E-state index is 12.9. The molecule has 0 saturated carbocycles. The van der Waals surface area contributed by atoms with Gasteiger partial charge in [0.2, 0.25) is 10.0 Å². The second-order valence-corrected chi connectivity index (χ2v) is 12.2. The normalized spacial score (nSPS) is 29.9. The molecule has 2 N–H and O–H groups in total. The van der Waals surface area contributed by atoms with Gasteiger partial charge in [0.25, 0.3) is 5.91 Å². The van der Waals surface area contributed by atoms with Crippen LogP contribution in [-0.2, 0) is 20.6 Å². The van der Waals surface area contributed by atoms with Crippen LogP contribution in [0.1, 0.15) is 50.7 Å². The van der Waals surface area contributed by atoms with Crippen LogP contribution in [0.15, 0.2) is 18.2 Å². The van der Waals surface area contributed by atoms with E-state index in [4.69, 9.17) is 5.73 Å². The van der Waals surface area contributed by atoms with Crippen LogP contribution in [0.25, 0.3) is 0 Å². The Bertz CT molecular complexity index is 935. The van der Waals surface area contributed by atoms with E-state index < -0.39 is 10.0 Å². The quantitative estimate of drug-likeness (QED) is 0.613. The molecule has 7 nitrogen and oxygen atoms in total. The zero-order chi connectivity index (χ0) is 22.4. The number of nitrogens with zero attached hydrogens (tertiary/aromatic N) is 3. The van der Waals surface area contributed by atoms with E-state index in [0.29, 0.717) is 12.5 Å². The minimum Gasteiger partial charge on any atom is -0.365 e. The molecule has 0 aliphatic carbocycles. The number of carbonyl (C=O) groups is 1. The molecular weight excluding hydrogens is 412 g/mol. The zero-order valence-corrected chi connectivity index (χ0v) is 20.0. The van der Waals surface area contributed by atoms with Crippen LogP contribution in [0.5, 0.6) is 0 Å². The van der Waals surface area contributed by atoms with Gasteiger partial charge in [-0.3, -0.25) is 9.10 Å². The van der Waals surface area contributed by atoms with Crippen molar-refractivity contribution in [1.29, 1.82) is 0 Å². The summed E-state index contributed by atoms with van der Waals surface area (Å²) in [6.07, 6.45) is 2.15. The third kappa shape index (κ3) is 4.10. The Morgan fingerprint density at radius 2 is 1.71 bits per heavy atom. The van der Waals surface area contributed by atoms with Crippen LogP contribution in [0, 0.1) is 0 Å². The van der Waals surface area contributed by atoms with E-state index in [9.17, 15) is 13.2 Å². The number of sulfonamides is 1. The van der Waals surface area contributed by atoms with E-state index in [1.54, 1.807) is 4.31 Å². The lowest BCUT2D eigenvalue weighted by Gasteiger charge is -2.56. The van der Waals surface area contributed by atoms with Gasteiger partial charge < -0.3 is 14.7 Å². The summed E-state index contributed by atoms with van der Waals surface area (Å²) >= 11 is 0. The van der Waals surface area contributed by atoms with Gasteiger partial charge in [0, 0.05) is 12.0 Å². The van der Waals surface area contributed by atoms with Crippen molar-refractivity contribution in [3.8, 4) is 0 Å². The van der Waals surface area contributed by atoms with E-state index in [-0.39, 0.29) is 17.7 Å². The molecule has 4 heterocycles. The number of hydrogen-bond donors (Lipinski definition) is 1. The van der Waals surface area contributed by atoms with Gasteiger partial charge in [-0.25, -0.2) is 8.42 Å². The van der Waals surface area contributed by atoms with Gasteiger partial charge in [0.05, 0.1) is 18.0 Å². The highest BCUT2D eigenvalue weighted by molar-refractivity contribution is 7.92. The minimum atomic E-state index is -3.30. The maximum Gasteiger partial charge on any atom is 0.272 e. The minimum absolute atomic E-state index is 0.0756. The molecule has 0 radical (unpaired) electrons. The molecule has 1 unspecified atom stereocenters. The van der Waals surface area contributed by atoms with Crippen LogP contribution in [0.3, 0.4) is 0 Å². The average Bonchev–Trinajstić information content (AvgIpc) is 2.98. The first kappa shape index (κ1) is 22.6. The number of quaternary nitrogens is 2. The van der Waals surface area contributed by atoms with Gasteiger partial charge in [-0.2, -0.15) is 0 Å². The number of carbonyl (C=O) groups excluding carboxylic acids is 1. The number of nitrogens with two attached hydrogens (primary N) is 1. The predicted octanol–water partition coefficient (Wildman–Crippen LogP) is 1.77. The first-order valence-electron chi connectivity index (χ1n) is 11.7. The Morgan fingerprint density at radius 3 is 2.26 bits per heavy atom. The Balaban J connectivity index is 1.61. The number of benzene rings is 1. The van der Waals surface area contributed by atoms with Crippen molar-refractivity contribution in [3.63, 3.8) is 0 Å². The number of anilines is 1. The van der Waals surface area contributed by atoms with Crippen molar-refractivity contribution < 1.29 is 22.2 Å². The predicted molar refractivity (Wildman–Crippen MR) is 123 cm³/mol. The maximum atomic E-state index is 12.9. The molecule has 1 amide bonds. The number of fused-ring (bicyclic) bond motifs is 4. The van der Waals surface area contributed by atoms with E-state index in [1.807, 2.05) is 26.0 Å². The van der Waals surface area contributed by atoms with Crippen molar-refractivity contribution in [2.75, 3.05) is 56.7 Å². The molecule has 1 aromatic rings. The molecule has 5 rings (SSSR count). The first-order chi connectivity index (χ1) is 14.6. The van der Waals surface area contributed by atoms with E-state index in [1.165, 1.54) is 5.56 Å². The topological polar surface area (TPSA) is 80.5 Å². The Morgan fingerprint density at radius 1 is 1.10 bits per heavy atom. The SMILES string of the molecule is CCCC(C[N+]12CC[N+](CC(N)=O)(CC1)CC2)c1cccc2c1CS(=O)(=O)N2C(C)C. The van der Waals surface area contributed by atoms with Crippen molar-refractivity contribution >= 4 is 21.6 Å². The van der Waals surface area contributed by atoms with E-state index in [2.05, 4.69) is 13.0 Å². The Labute approximate surface area is 187 Å². The third-order valence-electron chi connectivity index (χ3n) is 7.84. The molecule has 0 aromatic heterocycles.